The van der Waals surface area contributed by atoms with E-state index in [-0.39, 0.29) is 17.5 Å². The van der Waals surface area contributed by atoms with E-state index < -0.39 is 0 Å². The number of nitrogens with one attached hydrogen (secondary N) is 1. The van der Waals surface area contributed by atoms with Gasteiger partial charge in [-0.25, -0.2) is 9.67 Å². The fourth-order valence-corrected chi connectivity index (χ4v) is 4.38. The lowest BCUT2D eigenvalue weighted by molar-refractivity contribution is 0.0915. The zero-order valence-corrected chi connectivity index (χ0v) is 20.0. The van der Waals surface area contributed by atoms with Gasteiger partial charge < -0.3 is 5.32 Å². The summed E-state index contributed by atoms with van der Waals surface area (Å²) >= 11 is 0. The van der Waals surface area contributed by atoms with Crippen LogP contribution in [0.2, 0.25) is 0 Å². The highest BCUT2D eigenvalue weighted by Crippen LogP contribution is 2.41. The van der Waals surface area contributed by atoms with E-state index in [1.54, 1.807) is 0 Å². The number of fused-ring (bicyclic) bond motifs is 1. The number of hydrogen-bond acceptors (Lipinski definition) is 4. The molecule has 0 aromatic carbocycles. The van der Waals surface area contributed by atoms with Crippen LogP contribution >= 0.6 is 0 Å². The van der Waals surface area contributed by atoms with Crippen molar-refractivity contribution in [3.05, 3.63) is 34.7 Å². The van der Waals surface area contributed by atoms with E-state index in [0.717, 1.165) is 73.3 Å². The van der Waals surface area contributed by atoms with Gasteiger partial charge in [-0.15, -0.1) is 0 Å². The molecule has 6 nitrogen and oxygen atoms in total. The molecule has 0 atom stereocenters. The number of piperidine rings is 1. The second-order valence-corrected chi connectivity index (χ2v) is 10.6. The average molecular weight is 424 g/mol. The molecule has 2 aromatic heterocycles. The Kier molecular flexibility index (Phi) is 5.95. The summed E-state index contributed by atoms with van der Waals surface area (Å²) in [4.78, 5) is 20.9. The van der Waals surface area contributed by atoms with Crippen LogP contribution in [0.5, 0.6) is 0 Å². The normalized spacial score (nSPS) is 18.4. The van der Waals surface area contributed by atoms with Crippen molar-refractivity contribution in [2.75, 3.05) is 19.6 Å². The number of carbonyl (C=O) groups excluding carboxylic acids is 1. The summed E-state index contributed by atoms with van der Waals surface area (Å²) in [5.74, 6) is 0.506. The van der Waals surface area contributed by atoms with Gasteiger partial charge in [0.25, 0.3) is 5.91 Å². The second-order valence-electron chi connectivity index (χ2n) is 10.6. The molecule has 0 unspecified atom stereocenters. The van der Waals surface area contributed by atoms with Gasteiger partial charge in [0.05, 0.1) is 22.2 Å². The maximum atomic E-state index is 13.4. The molecule has 1 aliphatic heterocycles. The fraction of sp³-hybridized carbons (Fsp3) is 0.640. The molecule has 1 N–H and O–H groups in total. The molecule has 2 aliphatic rings. The Hall–Kier alpha value is -2.21. The summed E-state index contributed by atoms with van der Waals surface area (Å²) in [5.41, 5.74) is 4.67. The molecule has 1 aliphatic carbocycles. The zero-order chi connectivity index (χ0) is 22.3. The molecule has 1 amide bonds. The molecule has 4 rings (SSSR count). The highest BCUT2D eigenvalue weighted by atomic mass is 16.1. The SMILES string of the molecule is CC(C)=CCN1CCC(NC(=O)c2cc(C3CC3)nc3c2c(C)nn3C(C)(C)C)CC1. The average Bonchev–Trinajstić information content (AvgIpc) is 3.49. The summed E-state index contributed by atoms with van der Waals surface area (Å²) in [7, 11) is 0. The number of allylic oxidation sites excluding steroid dienone is 1. The Morgan fingerprint density at radius 3 is 2.45 bits per heavy atom. The number of pyridine rings is 1. The quantitative estimate of drug-likeness (QED) is 0.718. The van der Waals surface area contributed by atoms with Crippen LogP contribution in [0, 0.1) is 6.92 Å². The summed E-state index contributed by atoms with van der Waals surface area (Å²) in [6.07, 6.45) is 6.58. The van der Waals surface area contributed by atoms with Crippen molar-refractivity contribution in [1.29, 1.82) is 0 Å². The Balaban J connectivity index is 1.57. The van der Waals surface area contributed by atoms with Gasteiger partial charge in [0, 0.05) is 37.3 Å². The number of likely N-dealkylation sites (tertiary alicyclic amines) is 1. The maximum absolute atomic E-state index is 13.4. The predicted octanol–water partition coefficient (Wildman–Crippen LogP) is 4.53. The van der Waals surface area contributed by atoms with Gasteiger partial charge in [-0.3, -0.25) is 9.69 Å². The molecule has 31 heavy (non-hydrogen) atoms. The van der Waals surface area contributed by atoms with Crippen molar-refractivity contribution in [3.63, 3.8) is 0 Å². The molecular weight excluding hydrogens is 386 g/mol. The number of aryl methyl sites for hydroxylation is 1. The summed E-state index contributed by atoms with van der Waals surface area (Å²) in [6, 6.07) is 2.25. The Bertz CT molecular complexity index is 997. The molecule has 1 saturated heterocycles. The molecule has 3 heterocycles. The molecular formula is C25H37N5O. The standard InChI is InChI=1S/C25H37N5O/c1-16(2)9-12-29-13-10-19(11-14-29)26-24(31)20-15-21(18-7-8-18)27-23-22(20)17(3)28-30(23)25(4,5)6/h9,15,18-19H,7-8,10-14H2,1-6H3,(H,26,31). The summed E-state index contributed by atoms with van der Waals surface area (Å²) < 4.78 is 1.99. The highest BCUT2D eigenvalue weighted by molar-refractivity contribution is 6.06. The fourth-order valence-electron chi connectivity index (χ4n) is 4.38. The second kappa shape index (κ2) is 8.38. The van der Waals surface area contributed by atoms with E-state index in [0.29, 0.717) is 5.92 Å². The largest absolute Gasteiger partial charge is 0.349 e. The third-order valence-corrected chi connectivity index (χ3v) is 6.39. The molecule has 168 valence electrons. The van der Waals surface area contributed by atoms with Crippen LogP contribution in [0.4, 0.5) is 0 Å². The van der Waals surface area contributed by atoms with E-state index in [1.165, 1.54) is 5.57 Å². The topological polar surface area (TPSA) is 63.1 Å². The van der Waals surface area contributed by atoms with Gasteiger partial charge in [0.15, 0.2) is 5.65 Å². The number of carbonyl (C=O) groups is 1. The minimum absolute atomic E-state index is 0.0219. The summed E-state index contributed by atoms with van der Waals surface area (Å²) in [5, 5.41) is 9.01. The van der Waals surface area contributed by atoms with Gasteiger partial charge in [-0.2, -0.15) is 5.10 Å². The minimum atomic E-state index is -0.187. The Morgan fingerprint density at radius 2 is 1.87 bits per heavy atom. The van der Waals surface area contributed by atoms with Gasteiger partial charge in [-0.1, -0.05) is 11.6 Å². The van der Waals surface area contributed by atoms with Crippen molar-refractivity contribution >= 4 is 16.9 Å². The number of amides is 1. The van der Waals surface area contributed by atoms with E-state index in [4.69, 9.17) is 10.1 Å². The number of nitrogens with zero attached hydrogens (tertiary/aromatic N) is 4. The van der Waals surface area contributed by atoms with Crippen LogP contribution in [-0.4, -0.2) is 51.2 Å². The van der Waals surface area contributed by atoms with E-state index in [1.807, 2.05) is 17.7 Å². The first kappa shape index (κ1) is 22.0. The van der Waals surface area contributed by atoms with E-state index in [2.05, 4.69) is 50.9 Å². The first-order valence-electron chi connectivity index (χ1n) is 11.7. The molecule has 2 aromatic rings. The number of rotatable bonds is 5. The lowest BCUT2D eigenvalue weighted by Crippen LogP contribution is -2.44. The smallest absolute Gasteiger partial charge is 0.252 e. The van der Waals surface area contributed by atoms with Gasteiger partial charge >= 0.3 is 0 Å². The van der Waals surface area contributed by atoms with Crippen molar-refractivity contribution in [2.24, 2.45) is 0 Å². The van der Waals surface area contributed by atoms with Gasteiger partial charge in [0.1, 0.15) is 0 Å². The molecule has 0 spiro atoms. The van der Waals surface area contributed by atoms with Crippen LogP contribution in [0.1, 0.15) is 88.0 Å². The minimum Gasteiger partial charge on any atom is -0.349 e. The first-order chi connectivity index (χ1) is 14.6. The third kappa shape index (κ3) is 4.84. The molecule has 1 saturated carbocycles. The molecule has 6 heteroatoms. The Labute approximate surface area is 186 Å². The van der Waals surface area contributed by atoms with E-state index >= 15 is 0 Å². The predicted molar refractivity (Wildman–Crippen MR) is 126 cm³/mol. The van der Waals surface area contributed by atoms with Crippen LogP contribution in [0.25, 0.3) is 11.0 Å². The lowest BCUT2D eigenvalue weighted by Gasteiger charge is -2.31. The van der Waals surface area contributed by atoms with Gasteiger partial charge in [0.2, 0.25) is 0 Å². The monoisotopic (exact) mass is 423 g/mol. The van der Waals surface area contributed by atoms with Crippen molar-refractivity contribution in [3.8, 4) is 0 Å². The number of aromatic nitrogens is 3. The highest BCUT2D eigenvalue weighted by Gasteiger charge is 2.31. The summed E-state index contributed by atoms with van der Waals surface area (Å²) in [6.45, 7) is 15.7. The van der Waals surface area contributed by atoms with E-state index in [9.17, 15) is 4.79 Å². The van der Waals surface area contributed by atoms with Crippen LogP contribution in [0.15, 0.2) is 17.7 Å². The lowest BCUT2D eigenvalue weighted by atomic mass is 10.0. The molecule has 2 fully saturated rings. The van der Waals surface area contributed by atoms with Crippen molar-refractivity contribution < 1.29 is 4.79 Å². The number of hydrogen-bond donors (Lipinski definition) is 1. The van der Waals surface area contributed by atoms with Crippen molar-refractivity contribution in [2.45, 2.75) is 84.7 Å². The Morgan fingerprint density at radius 1 is 1.19 bits per heavy atom. The van der Waals surface area contributed by atoms with Crippen LogP contribution < -0.4 is 5.32 Å². The van der Waals surface area contributed by atoms with Crippen molar-refractivity contribution in [1.82, 2.24) is 25.0 Å². The third-order valence-electron chi connectivity index (χ3n) is 6.39. The van der Waals surface area contributed by atoms with Crippen LogP contribution in [-0.2, 0) is 5.54 Å². The molecule has 0 bridgehead atoms. The molecule has 0 radical (unpaired) electrons. The maximum Gasteiger partial charge on any atom is 0.252 e. The zero-order valence-electron chi connectivity index (χ0n) is 20.0. The van der Waals surface area contributed by atoms with Crippen LogP contribution in [0.3, 0.4) is 0 Å². The first-order valence-corrected chi connectivity index (χ1v) is 11.7. The van der Waals surface area contributed by atoms with Gasteiger partial charge in [-0.05, 0) is 73.3 Å².